The first-order chi connectivity index (χ1) is 10.5. The highest BCUT2D eigenvalue weighted by molar-refractivity contribution is 4.81. The number of likely N-dealkylation sites (N-methyl/N-ethyl adjacent to an activating group) is 1. The van der Waals surface area contributed by atoms with Crippen LogP contribution in [0.4, 0.5) is 0 Å². The molecule has 0 aromatic carbocycles. The van der Waals surface area contributed by atoms with E-state index in [-0.39, 0.29) is 6.10 Å². The number of hydrogen-bond donors (Lipinski definition) is 3. The molecule has 1 saturated carbocycles. The van der Waals surface area contributed by atoms with Crippen molar-refractivity contribution in [1.82, 2.24) is 0 Å². The first-order valence-corrected chi connectivity index (χ1v) is 9.40. The minimum absolute atomic E-state index is 0.307. The molecule has 2 rings (SSSR count). The molecule has 1 aliphatic heterocycles. The Hall–Kier alpha value is -0.160. The van der Waals surface area contributed by atoms with E-state index in [2.05, 4.69) is 27.8 Å². The summed E-state index contributed by atoms with van der Waals surface area (Å²) in [5.74, 6) is 2.12. The molecular formula is C18H38N2O2+2. The molecule has 2 aliphatic rings. The Morgan fingerprint density at radius 2 is 1.82 bits per heavy atom. The van der Waals surface area contributed by atoms with Gasteiger partial charge in [0.05, 0.1) is 19.8 Å². The summed E-state index contributed by atoms with van der Waals surface area (Å²) >= 11 is 0. The summed E-state index contributed by atoms with van der Waals surface area (Å²) in [4.78, 5) is 3.16. The number of rotatable bonds is 6. The van der Waals surface area contributed by atoms with Crippen LogP contribution in [-0.4, -0.2) is 63.7 Å². The lowest BCUT2D eigenvalue weighted by Gasteiger charge is -2.37. The van der Waals surface area contributed by atoms with Crippen LogP contribution >= 0.6 is 0 Å². The molecule has 1 heterocycles. The van der Waals surface area contributed by atoms with Gasteiger partial charge in [0.2, 0.25) is 0 Å². The molecule has 0 bridgehead atoms. The Balaban J connectivity index is 1.73. The molecule has 1 saturated heterocycles. The number of ether oxygens (including phenoxy) is 1. The van der Waals surface area contributed by atoms with Crippen molar-refractivity contribution in [1.29, 1.82) is 0 Å². The molecule has 22 heavy (non-hydrogen) atoms. The van der Waals surface area contributed by atoms with Gasteiger partial charge in [-0.05, 0) is 30.6 Å². The van der Waals surface area contributed by atoms with Gasteiger partial charge in [-0.25, -0.2) is 0 Å². The van der Waals surface area contributed by atoms with Crippen molar-refractivity contribution in [3.63, 3.8) is 0 Å². The minimum Gasteiger partial charge on any atom is -0.385 e. The summed E-state index contributed by atoms with van der Waals surface area (Å²) in [6.07, 6.45) is 3.83. The third-order valence-electron chi connectivity index (χ3n) is 5.80. The molecule has 0 radical (unpaired) electrons. The maximum atomic E-state index is 10.3. The van der Waals surface area contributed by atoms with Crippen LogP contribution in [0.3, 0.4) is 0 Å². The van der Waals surface area contributed by atoms with Gasteiger partial charge in [-0.1, -0.05) is 27.2 Å². The fraction of sp³-hybridized carbons (Fsp3) is 1.00. The molecule has 0 aromatic rings. The molecule has 0 amide bonds. The summed E-state index contributed by atoms with van der Waals surface area (Å²) in [6, 6.07) is 0. The van der Waals surface area contributed by atoms with Crippen molar-refractivity contribution >= 4 is 0 Å². The molecule has 130 valence electrons. The third kappa shape index (κ3) is 5.48. The van der Waals surface area contributed by atoms with E-state index in [9.17, 15) is 5.11 Å². The fourth-order valence-corrected chi connectivity index (χ4v) is 4.17. The van der Waals surface area contributed by atoms with Crippen LogP contribution in [0.15, 0.2) is 0 Å². The number of nitrogens with one attached hydrogen (secondary N) is 2. The van der Waals surface area contributed by atoms with Gasteiger partial charge < -0.3 is 19.6 Å². The SMILES string of the molecule is CC(C)[C@@H]1CC[C@@H](C)C[C@H]1OC[C@H](O)C[NH+]1CC[NH+](C)CC1. The lowest BCUT2D eigenvalue weighted by Crippen LogP contribution is -3.27. The Morgan fingerprint density at radius 3 is 2.45 bits per heavy atom. The largest absolute Gasteiger partial charge is 0.385 e. The topological polar surface area (TPSA) is 38.3 Å². The smallest absolute Gasteiger partial charge is 0.127 e. The van der Waals surface area contributed by atoms with E-state index in [1.165, 1.54) is 45.4 Å². The molecule has 4 atom stereocenters. The average molecular weight is 315 g/mol. The molecule has 4 heteroatoms. The van der Waals surface area contributed by atoms with Crippen LogP contribution in [0.25, 0.3) is 0 Å². The predicted molar refractivity (Wildman–Crippen MR) is 89.3 cm³/mol. The first-order valence-electron chi connectivity index (χ1n) is 9.40. The summed E-state index contributed by atoms with van der Waals surface area (Å²) < 4.78 is 6.18. The Morgan fingerprint density at radius 1 is 1.14 bits per heavy atom. The standard InChI is InChI=1S/C18H36N2O2/c1-14(2)17-6-5-15(3)11-18(17)22-13-16(21)12-20-9-7-19(4)8-10-20/h14-18,21H,5-13H2,1-4H3/p+2/t15-,16-,17+,18-/m1/s1. The lowest BCUT2D eigenvalue weighted by atomic mass is 9.75. The van der Waals surface area contributed by atoms with Crippen molar-refractivity contribution < 1.29 is 19.6 Å². The van der Waals surface area contributed by atoms with E-state index in [0.717, 1.165) is 12.5 Å². The number of quaternary nitrogens is 2. The van der Waals surface area contributed by atoms with Crippen molar-refractivity contribution in [2.24, 2.45) is 17.8 Å². The summed E-state index contributed by atoms with van der Waals surface area (Å²) in [5.41, 5.74) is 0. The number of hydrogen-bond acceptors (Lipinski definition) is 2. The normalized spacial score (nSPS) is 38.2. The number of aliphatic hydroxyl groups is 1. The lowest BCUT2D eigenvalue weighted by molar-refractivity contribution is -1.00. The van der Waals surface area contributed by atoms with Crippen molar-refractivity contribution in [2.75, 3.05) is 46.4 Å². The number of aliphatic hydroxyl groups excluding tert-OH is 1. The van der Waals surface area contributed by atoms with Gasteiger partial charge in [0.25, 0.3) is 0 Å². The highest BCUT2D eigenvalue weighted by atomic mass is 16.5. The van der Waals surface area contributed by atoms with Gasteiger partial charge in [-0.15, -0.1) is 0 Å². The van der Waals surface area contributed by atoms with E-state index in [0.29, 0.717) is 24.5 Å². The van der Waals surface area contributed by atoms with Crippen LogP contribution in [0.2, 0.25) is 0 Å². The third-order valence-corrected chi connectivity index (χ3v) is 5.80. The molecule has 0 unspecified atom stereocenters. The van der Waals surface area contributed by atoms with E-state index in [1.54, 1.807) is 9.80 Å². The van der Waals surface area contributed by atoms with Gasteiger partial charge in [0, 0.05) is 0 Å². The molecular weight excluding hydrogens is 276 g/mol. The van der Waals surface area contributed by atoms with Gasteiger partial charge in [-0.2, -0.15) is 0 Å². The zero-order valence-electron chi connectivity index (χ0n) is 15.1. The van der Waals surface area contributed by atoms with Crippen LogP contribution < -0.4 is 9.80 Å². The molecule has 4 nitrogen and oxygen atoms in total. The summed E-state index contributed by atoms with van der Waals surface area (Å²) in [5, 5.41) is 10.3. The summed E-state index contributed by atoms with van der Waals surface area (Å²) in [6.45, 7) is 13.1. The van der Waals surface area contributed by atoms with E-state index in [4.69, 9.17) is 4.74 Å². The molecule has 0 spiro atoms. The van der Waals surface area contributed by atoms with Crippen molar-refractivity contribution in [3.8, 4) is 0 Å². The van der Waals surface area contributed by atoms with E-state index >= 15 is 0 Å². The average Bonchev–Trinajstić information content (AvgIpc) is 2.47. The molecule has 2 fully saturated rings. The summed E-state index contributed by atoms with van der Waals surface area (Å²) in [7, 11) is 2.26. The van der Waals surface area contributed by atoms with Gasteiger partial charge in [0.15, 0.2) is 0 Å². The zero-order valence-corrected chi connectivity index (χ0v) is 15.1. The second-order valence-corrected chi connectivity index (χ2v) is 8.26. The molecule has 1 aliphatic carbocycles. The molecule has 3 N–H and O–H groups in total. The fourth-order valence-electron chi connectivity index (χ4n) is 4.17. The maximum Gasteiger partial charge on any atom is 0.127 e. The van der Waals surface area contributed by atoms with E-state index < -0.39 is 0 Å². The van der Waals surface area contributed by atoms with Crippen molar-refractivity contribution in [3.05, 3.63) is 0 Å². The highest BCUT2D eigenvalue weighted by Gasteiger charge is 2.32. The van der Waals surface area contributed by atoms with Crippen LogP contribution in [0, 0.1) is 17.8 Å². The minimum atomic E-state index is -0.307. The van der Waals surface area contributed by atoms with Gasteiger partial charge in [-0.3, -0.25) is 0 Å². The second kappa shape index (κ2) is 8.62. The van der Waals surface area contributed by atoms with Gasteiger partial charge in [0.1, 0.15) is 38.8 Å². The van der Waals surface area contributed by atoms with E-state index in [1.807, 2.05) is 0 Å². The first kappa shape index (κ1) is 18.2. The van der Waals surface area contributed by atoms with Crippen LogP contribution in [-0.2, 0) is 4.74 Å². The van der Waals surface area contributed by atoms with Gasteiger partial charge >= 0.3 is 0 Å². The number of piperazine rings is 1. The zero-order chi connectivity index (χ0) is 16.1. The van der Waals surface area contributed by atoms with Crippen LogP contribution in [0.5, 0.6) is 0 Å². The quantitative estimate of drug-likeness (QED) is 0.603. The Bertz CT molecular complexity index is 316. The Labute approximate surface area is 136 Å². The van der Waals surface area contributed by atoms with Crippen molar-refractivity contribution in [2.45, 2.75) is 52.2 Å². The highest BCUT2D eigenvalue weighted by Crippen LogP contribution is 2.35. The molecule has 0 aromatic heterocycles. The monoisotopic (exact) mass is 314 g/mol. The van der Waals surface area contributed by atoms with Crippen LogP contribution in [0.1, 0.15) is 40.0 Å². The second-order valence-electron chi connectivity index (χ2n) is 8.26. The maximum absolute atomic E-state index is 10.3. The predicted octanol–water partition coefficient (Wildman–Crippen LogP) is -0.762. The Kier molecular flexibility index (Phi) is 7.13.